The average Bonchev–Trinajstić information content (AvgIpc) is 3.16. The fraction of sp³-hybridized carbons (Fsp3) is 0.0323. The van der Waals surface area contributed by atoms with Crippen LogP contribution in [0.5, 0.6) is 0 Å². The molecule has 0 amide bonds. The lowest BCUT2D eigenvalue weighted by atomic mass is 9.67. The highest BCUT2D eigenvalue weighted by atomic mass is 35.5. The standard InChI is InChI=1S/C31H21Cl/c32-30-18-10-8-15-25(30)22-19-20-29-27(21-22)26-16-7-9-17-28(26)31(29,23-11-3-1-4-12-23)24-13-5-2-6-14-24/h1-21H. The van der Waals surface area contributed by atoms with E-state index in [2.05, 4.69) is 109 Å². The first-order valence-electron chi connectivity index (χ1n) is 10.9. The molecule has 0 saturated carbocycles. The highest BCUT2D eigenvalue weighted by Crippen LogP contribution is 2.56. The molecule has 1 heteroatoms. The Labute approximate surface area is 193 Å². The molecule has 0 nitrogen and oxygen atoms in total. The quantitative estimate of drug-likeness (QED) is 0.265. The molecule has 0 aliphatic heterocycles. The summed E-state index contributed by atoms with van der Waals surface area (Å²) in [5.74, 6) is 0. The molecule has 0 saturated heterocycles. The maximum Gasteiger partial charge on any atom is 0.0713 e. The second-order valence-electron chi connectivity index (χ2n) is 8.27. The normalized spacial score (nSPS) is 13.4. The predicted molar refractivity (Wildman–Crippen MR) is 134 cm³/mol. The molecule has 0 heterocycles. The van der Waals surface area contributed by atoms with Gasteiger partial charge in [0.25, 0.3) is 0 Å². The van der Waals surface area contributed by atoms with Crippen molar-refractivity contribution in [1.29, 1.82) is 0 Å². The van der Waals surface area contributed by atoms with Crippen LogP contribution >= 0.6 is 11.6 Å². The first-order valence-corrected chi connectivity index (χ1v) is 11.3. The molecule has 0 fully saturated rings. The van der Waals surface area contributed by atoms with Gasteiger partial charge in [0.2, 0.25) is 0 Å². The van der Waals surface area contributed by atoms with Crippen LogP contribution in [-0.2, 0) is 5.41 Å². The second kappa shape index (κ2) is 7.51. The van der Waals surface area contributed by atoms with Crippen molar-refractivity contribution in [3.63, 3.8) is 0 Å². The Bertz CT molecular complexity index is 1380. The lowest BCUT2D eigenvalue weighted by Crippen LogP contribution is -2.28. The van der Waals surface area contributed by atoms with Crippen LogP contribution in [0.2, 0.25) is 5.02 Å². The molecular weight excluding hydrogens is 408 g/mol. The predicted octanol–water partition coefficient (Wildman–Crippen LogP) is 8.37. The van der Waals surface area contributed by atoms with Gasteiger partial charge in [-0.05, 0) is 51.1 Å². The topological polar surface area (TPSA) is 0 Å². The summed E-state index contributed by atoms with van der Waals surface area (Å²) >= 11 is 6.56. The van der Waals surface area contributed by atoms with Gasteiger partial charge < -0.3 is 0 Å². The Morgan fingerprint density at radius 3 is 1.62 bits per heavy atom. The summed E-state index contributed by atoms with van der Waals surface area (Å²) in [4.78, 5) is 0. The first-order chi connectivity index (χ1) is 15.8. The van der Waals surface area contributed by atoms with Crippen LogP contribution in [0.4, 0.5) is 0 Å². The van der Waals surface area contributed by atoms with Gasteiger partial charge in [0.15, 0.2) is 0 Å². The molecule has 0 unspecified atom stereocenters. The SMILES string of the molecule is Clc1ccccc1-c1ccc2c(c1)-c1ccccc1C2(c1ccccc1)c1ccccc1. The highest BCUT2D eigenvalue weighted by Gasteiger charge is 2.45. The van der Waals surface area contributed by atoms with Crippen LogP contribution in [0.3, 0.4) is 0 Å². The zero-order valence-electron chi connectivity index (χ0n) is 17.5. The van der Waals surface area contributed by atoms with E-state index in [0.717, 1.165) is 16.1 Å². The summed E-state index contributed by atoms with van der Waals surface area (Å²) < 4.78 is 0. The molecule has 0 radical (unpaired) electrons. The Balaban J connectivity index is 1.71. The minimum Gasteiger partial charge on any atom is -0.0837 e. The molecule has 1 aliphatic carbocycles. The van der Waals surface area contributed by atoms with Gasteiger partial charge in [-0.1, -0.05) is 127 Å². The zero-order chi connectivity index (χ0) is 21.5. The van der Waals surface area contributed by atoms with Crippen molar-refractivity contribution in [2.75, 3.05) is 0 Å². The van der Waals surface area contributed by atoms with Crippen molar-refractivity contribution in [3.05, 3.63) is 155 Å². The van der Waals surface area contributed by atoms with Crippen molar-refractivity contribution in [3.8, 4) is 22.3 Å². The number of fused-ring (bicyclic) bond motifs is 3. The van der Waals surface area contributed by atoms with E-state index < -0.39 is 0 Å². The van der Waals surface area contributed by atoms with E-state index in [-0.39, 0.29) is 5.41 Å². The molecule has 32 heavy (non-hydrogen) atoms. The first kappa shape index (κ1) is 19.1. The van der Waals surface area contributed by atoms with E-state index in [1.807, 2.05) is 18.2 Å². The summed E-state index contributed by atoms with van der Waals surface area (Å²) in [6, 6.07) is 45.4. The van der Waals surface area contributed by atoms with E-state index in [1.54, 1.807) is 0 Å². The van der Waals surface area contributed by atoms with E-state index in [4.69, 9.17) is 11.6 Å². The smallest absolute Gasteiger partial charge is 0.0713 e. The second-order valence-corrected chi connectivity index (χ2v) is 8.68. The molecule has 0 spiro atoms. The van der Waals surface area contributed by atoms with Gasteiger partial charge in [-0.2, -0.15) is 0 Å². The summed E-state index contributed by atoms with van der Waals surface area (Å²) in [5, 5.41) is 0.774. The Hall–Kier alpha value is -3.61. The zero-order valence-corrected chi connectivity index (χ0v) is 18.3. The number of hydrogen-bond acceptors (Lipinski definition) is 0. The van der Waals surface area contributed by atoms with Crippen molar-refractivity contribution in [2.45, 2.75) is 5.41 Å². The summed E-state index contributed by atoms with van der Waals surface area (Å²) in [6.07, 6.45) is 0. The maximum atomic E-state index is 6.56. The lowest BCUT2D eigenvalue weighted by molar-refractivity contribution is 0.768. The van der Waals surface area contributed by atoms with Gasteiger partial charge in [0.05, 0.1) is 5.41 Å². The number of rotatable bonds is 3. The fourth-order valence-electron chi connectivity index (χ4n) is 5.31. The summed E-state index contributed by atoms with van der Waals surface area (Å²) in [5.41, 5.74) is 9.59. The Morgan fingerprint density at radius 1 is 0.438 bits per heavy atom. The molecule has 1 aliphatic rings. The van der Waals surface area contributed by atoms with Gasteiger partial charge in [0.1, 0.15) is 0 Å². The van der Waals surface area contributed by atoms with Crippen LogP contribution in [0, 0.1) is 0 Å². The van der Waals surface area contributed by atoms with Crippen molar-refractivity contribution in [1.82, 2.24) is 0 Å². The molecule has 152 valence electrons. The molecule has 0 N–H and O–H groups in total. The van der Waals surface area contributed by atoms with Crippen molar-refractivity contribution < 1.29 is 0 Å². The third-order valence-electron chi connectivity index (χ3n) is 6.64. The molecule has 6 rings (SSSR count). The van der Waals surface area contributed by atoms with Gasteiger partial charge in [0, 0.05) is 10.6 Å². The summed E-state index contributed by atoms with van der Waals surface area (Å²) in [6.45, 7) is 0. The number of halogens is 1. The van der Waals surface area contributed by atoms with Crippen LogP contribution in [-0.4, -0.2) is 0 Å². The van der Waals surface area contributed by atoms with Gasteiger partial charge in [-0.3, -0.25) is 0 Å². The monoisotopic (exact) mass is 428 g/mol. The van der Waals surface area contributed by atoms with Crippen molar-refractivity contribution >= 4 is 11.6 Å². The minimum absolute atomic E-state index is 0.354. The molecule has 0 atom stereocenters. The largest absolute Gasteiger partial charge is 0.0837 e. The van der Waals surface area contributed by atoms with Crippen LogP contribution in [0.15, 0.2) is 127 Å². The van der Waals surface area contributed by atoms with Crippen LogP contribution in [0.1, 0.15) is 22.3 Å². The van der Waals surface area contributed by atoms with Gasteiger partial charge >= 0.3 is 0 Å². The summed E-state index contributed by atoms with van der Waals surface area (Å²) in [7, 11) is 0. The molecule has 5 aromatic carbocycles. The fourth-order valence-corrected chi connectivity index (χ4v) is 5.56. The minimum atomic E-state index is -0.354. The maximum absolute atomic E-state index is 6.56. The Kier molecular flexibility index (Phi) is 4.48. The third-order valence-corrected chi connectivity index (χ3v) is 6.97. The molecule has 0 aromatic heterocycles. The molecule has 5 aromatic rings. The van der Waals surface area contributed by atoms with E-state index in [1.165, 1.54) is 33.4 Å². The highest BCUT2D eigenvalue weighted by molar-refractivity contribution is 6.33. The molecule has 0 bridgehead atoms. The van der Waals surface area contributed by atoms with Crippen LogP contribution in [0.25, 0.3) is 22.3 Å². The van der Waals surface area contributed by atoms with Gasteiger partial charge in [-0.15, -0.1) is 0 Å². The number of benzene rings is 5. The van der Waals surface area contributed by atoms with E-state index >= 15 is 0 Å². The van der Waals surface area contributed by atoms with E-state index in [9.17, 15) is 0 Å². The molecular formula is C31H21Cl. The third kappa shape index (κ3) is 2.70. The van der Waals surface area contributed by atoms with Crippen molar-refractivity contribution in [2.24, 2.45) is 0 Å². The average molecular weight is 429 g/mol. The van der Waals surface area contributed by atoms with Crippen LogP contribution < -0.4 is 0 Å². The van der Waals surface area contributed by atoms with E-state index in [0.29, 0.717) is 0 Å². The number of hydrogen-bond donors (Lipinski definition) is 0. The van der Waals surface area contributed by atoms with Gasteiger partial charge in [-0.25, -0.2) is 0 Å². The Morgan fingerprint density at radius 2 is 0.969 bits per heavy atom. The lowest BCUT2D eigenvalue weighted by Gasteiger charge is -2.33.